The minimum Gasteiger partial charge on any atom is -0.328 e. The van der Waals surface area contributed by atoms with E-state index in [9.17, 15) is 27.6 Å². The van der Waals surface area contributed by atoms with Crippen LogP contribution in [0.5, 0.6) is 0 Å². The van der Waals surface area contributed by atoms with E-state index in [1.54, 1.807) is 19.1 Å². The lowest BCUT2D eigenvalue weighted by atomic mass is 10.1. The monoisotopic (exact) mass is 403 g/mol. The maximum atomic E-state index is 12.6. The number of carbonyl (C=O) groups is 3. The van der Waals surface area contributed by atoms with Gasteiger partial charge in [-0.15, -0.1) is 0 Å². The van der Waals surface area contributed by atoms with Gasteiger partial charge in [0.2, 0.25) is 5.91 Å². The third kappa shape index (κ3) is 4.63. The Labute approximate surface area is 164 Å². The number of carbonyl (C=O) groups excluding carboxylic acids is 3. The first kappa shape index (κ1) is 20.1. The van der Waals surface area contributed by atoms with Crippen molar-refractivity contribution in [3.63, 3.8) is 0 Å². The highest BCUT2D eigenvalue weighted by Crippen LogP contribution is 2.29. The van der Waals surface area contributed by atoms with Crippen molar-refractivity contribution in [2.45, 2.75) is 13.1 Å². The van der Waals surface area contributed by atoms with Crippen molar-refractivity contribution in [2.75, 3.05) is 16.8 Å². The minimum absolute atomic E-state index is 0.0925. The standard InChI is InChI=1S/C20H16F3N3O3/c1-12-2-8-15(10-16(12)26-18(28)11-24-19(26)29)25-17(27)9-5-13-3-6-14(7-4-13)20(21,22)23/h2-10H,11H2,1H3,(H,24,29)(H,25,27). The van der Waals surface area contributed by atoms with Crippen LogP contribution in [-0.4, -0.2) is 24.4 Å². The molecule has 29 heavy (non-hydrogen) atoms. The molecule has 1 saturated heterocycles. The van der Waals surface area contributed by atoms with Crippen molar-refractivity contribution in [2.24, 2.45) is 0 Å². The Morgan fingerprint density at radius 2 is 1.83 bits per heavy atom. The summed E-state index contributed by atoms with van der Waals surface area (Å²) in [5.41, 5.74) is 1.05. The summed E-state index contributed by atoms with van der Waals surface area (Å²) in [6, 6.07) is 8.61. The second-order valence-electron chi connectivity index (χ2n) is 6.33. The second kappa shape index (κ2) is 7.78. The Morgan fingerprint density at radius 1 is 1.14 bits per heavy atom. The van der Waals surface area contributed by atoms with Crippen molar-refractivity contribution in [1.29, 1.82) is 0 Å². The molecule has 1 aliphatic rings. The summed E-state index contributed by atoms with van der Waals surface area (Å²) in [7, 11) is 0. The second-order valence-corrected chi connectivity index (χ2v) is 6.33. The number of nitrogens with one attached hydrogen (secondary N) is 2. The minimum atomic E-state index is -4.42. The zero-order chi connectivity index (χ0) is 21.2. The highest BCUT2D eigenvalue weighted by Gasteiger charge is 2.31. The van der Waals surface area contributed by atoms with E-state index in [4.69, 9.17) is 0 Å². The summed E-state index contributed by atoms with van der Waals surface area (Å²) in [6.07, 6.45) is -1.87. The summed E-state index contributed by atoms with van der Waals surface area (Å²) in [4.78, 5) is 36.9. The Kier molecular flexibility index (Phi) is 5.40. The molecular weight excluding hydrogens is 387 g/mol. The summed E-state index contributed by atoms with van der Waals surface area (Å²) in [6.45, 7) is 1.63. The molecule has 6 nitrogen and oxygen atoms in total. The predicted molar refractivity (Wildman–Crippen MR) is 101 cm³/mol. The molecule has 2 aromatic rings. The number of amides is 4. The molecule has 150 valence electrons. The molecule has 1 fully saturated rings. The highest BCUT2D eigenvalue weighted by atomic mass is 19.4. The van der Waals surface area contributed by atoms with Gasteiger partial charge in [-0.1, -0.05) is 18.2 Å². The van der Waals surface area contributed by atoms with Crippen LogP contribution in [0.4, 0.5) is 29.3 Å². The Morgan fingerprint density at radius 3 is 2.41 bits per heavy atom. The maximum absolute atomic E-state index is 12.6. The molecule has 1 heterocycles. The number of hydrogen-bond acceptors (Lipinski definition) is 3. The lowest BCUT2D eigenvalue weighted by Gasteiger charge is -2.16. The number of alkyl halides is 3. The summed E-state index contributed by atoms with van der Waals surface area (Å²) >= 11 is 0. The molecule has 1 aliphatic heterocycles. The van der Waals surface area contributed by atoms with Crippen LogP contribution in [-0.2, 0) is 15.8 Å². The van der Waals surface area contributed by atoms with Crippen molar-refractivity contribution in [1.82, 2.24) is 5.32 Å². The lowest BCUT2D eigenvalue weighted by molar-refractivity contribution is -0.137. The highest BCUT2D eigenvalue weighted by molar-refractivity contribution is 6.20. The number of benzene rings is 2. The maximum Gasteiger partial charge on any atom is 0.416 e. The van der Waals surface area contributed by atoms with Gasteiger partial charge >= 0.3 is 12.2 Å². The molecule has 0 saturated carbocycles. The quantitative estimate of drug-likeness (QED) is 0.603. The van der Waals surface area contributed by atoms with E-state index >= 15 is 0 Å². The molecule has 0 aliphatic carbocycles. The Balaban J connectivity index is 1.71. The number of aryl methyl sites for hydroxylation is 1. The van der Waals surface area contributed by atoms with Gasteiger partial charge < -0.3 is 10.6 Å². The van der Waals surface area contributed by atoms with Gasteiger partial charge in [0.05, 0.1) is 17.8 Å². The van der Waals surface area contributed by atoms with E-state index in [-0.39, 0.29) is 6.54 Å². The van der Waals surface area contributed by atoms with Crippen molar-refractivity contribution >= 4 is 35.3 Å². The van der Waals surface area contributed by atoms with Crippen molar-refractivity contribution in [3.8, 4) is 0 Å². The average molecular weight is 403 g/mol. The number of hydrogen-bond donors (Lipinski definition) is 2. The third-order valence-electron chi connectivity index (χ3n) is 4.23. The van der Waals surface area contributed by atoms with Gasteiger partial charge in [-0.25, -0.2) is 9.69 Å². The molecule has 0 unspecified atom stereocenters. The third-order valence-corrected chi connectivity index (χ3v) is 4.23. The van der Waals surface area contributed by atoms with Gasteiger partial charge in [0, 0.05) is 11.8 Å². The normalized spacial score (nSPS) is 14.4. The Bertz CT molecular complexity index is 982. The number of anilines is 2. The van der Waals surface area contributed by atoms with E-state index < -0.39 is 29.6 Å². The first-order chi connectivity index (χ1) is 13.6. The zero-order valence-electron chi connectivity index (χ0n) is 15.2. The van der Waals surface area contributed by atoms with Gasteiger partial charge in [0.25, 0.3) is 5.91 Å². The number of halogens is 3. The van der Waals surface area contributed by atoms with E-state index in [0.29, 0.717) is 22.5 Å². The first-order valence-electron chi connectivity index (χ1n) is 8.53. The zero-order valence-corrected chi connectivity index (χ0v) is 15.2. The smallest absolute Gasteiger partial charge is 0.328 e. The summed E-state index contributed by atoms with van der Waals surface area (Å²) in [5, 5.41) is 5.02. The number of rotatable bonds is 4. The van der Waals surface area contributed by atoms with Crippen LogP contribution < -0.4 is 15.5 Å². The van der Waals surface area contributed by atoms with Crippen molar-refractivity contribution < 1.29 is 27.6 Å². The van der Waals surface area contributed by atoms with Crippen LogP contribution in [0.2, 0.25) is 0 Å². The van der Waals surface area contributed by atoms with Crippen LogP contribution in [0, 0.1) is 6.92 Å². The number of nitrogens with zero attached hydrogens (tertiary/aromatic N) is 1. The fourth-order valence-corrected chi connectivity index (χ4v) is 2.73. The van der Waals surface area contributed by atoms with Crippen LogP contribution in [0.15, 0.2) is 48.5 Å². The molecule has 0 spiro atoms. The van der Waals surface area contributed by atoms with E-state index in [2.05, 4.69) is 10.6 Å². The molecule has 0 atom stereocenters. The fourth-order valence-electron chi connectivity index (χ4n) is 2.73. The first-order valence-corrected chi connectivity index (χ1v) is 8.53. The molecule has 0 aromatic heterocycles. The molecule has 3 rings (SSSR count). The van der Waals surface area contributed by atoms with Gasteiger partial charge in [-0.2, -0.15) is 13.2 Å². The summed E-state index contributed by atoms with van der Waals surface area (Å²) in [5.74, 6) is -0.916. The van der Waals surface area contributed by atoms with Gasteiger partial charge in [0.15, 0.2) is 0 Å². The molecule has 2 N–H and O–H groups in total. The molecule has 0 bridgehead atoms. The average Bonchev–Trinajstić information content (AvgIpc) is 2.99. The number of imide groups is 1. The van der Waals surface area contributed by atoms with Gasteiger partial charge in [-0.05, 0) is 48.4 Å². The van der Waals surface area contributed by atoms with E-state index in [0.717, 1.165) is 17.0 Å². The molecule has 4 amide bonds. The van der Waals surface area contributed by atoms with E-state index in [1.165, 1.54) is 30.4 Å². The Hall–Kier alpha value is -3.62. The fraction of sp³-hybridized carbons (Fsp3) is 0.150. The largest absolute Gasteiger partial charge is 0.416 e. The van der Waals surface area contributed by atoms with Crippen LogP contribution in [0.1, 0.15) is 16.7 Å². The molecule has 0 radical (unpaired) electrons. The molecule has 2 aromatic carbocycles. The van der Waals surface area contributed by atoms with Crippen molar-refractivity contribution in [3.05, 3.63) is 65.2 Å². The SMILES string of the molecule is Cc1ccc(NC(=O)C=Cc2ccc(C(F)(F)F)cc2)cc1N1C(=O)CNC1=O. The summed E-state index contributed by atoms with van der Waals surface area (Å²) < 4.78 is 37.7. The van der Waals surface area contributed by atoms with Crippen LogP contribution >= 0.6 is 0 Å². The molecule has 9 heteroatoms. The van der Waals surface area contributed by atoms with Crippen LogP contribution in [0.25, 0.3) is 6.08 Å². The topological polar surface area (TPSA) is 78.5 Å². The van der Waals surface area contributed by atoms with Crippen LogP contribution in [0.3, 0.4) is 0 Å². The van der Waals surface area contributed by atoms with Gasteiger partial charge in [0.1, 0.15) is 0 Å². The van der Waals surface area contributed by atoms with Gasteiger partial charge in [-0.3, -0.25) is 9.59 Å². The lowest BCUT2D eigenvalue weighted by Crippen LogP contribution is -2.31. The number of urea groups is 1. The van der Waals surface area contributed by atoms with E-state index in [1.807, 2.05) is 0 Å². The predicted octanol–water partition coefficient (Wildman–Crippen LogP) is 3.72. The molecular formula is C20H16F3N3O3.